The average Bonchev–Trinajstić information content (AvgIpc) is 2.66. The molecule has 3 atom stereocenters. The molecule has 1 aliphatic heterocycles. The molecule has 0 aromatic carbocycles. The number of rotatable bonds is 5. The first kappa shape index (κ1) is 11.4. The molecule has 1 aliphatic rings. The maximum absolute atomic E-state index is 10.7. The molecular formula is C9H19N3O2. The van der Waals surface area contributed by atoms with Crippen molar-refractivity contribution in [3.05, 3.63) is 0 Å². The Morgan fingerprint density at radius 3 is 2.93 bits per heavy atom. The number of hydrogen-bond acceptors (Lipinski definition) is 4. The summed E-state index contributed by atoms with van der Waals surface area (Å²) in [6, 6.07) is -0.275. The molecule has 1 heterocycles. The molecule has 14 heavy (non-hydrogen) atoms. The predicted octanol–water partition coefficient (Wildman–Crippen LogP) is -1.19. The maximum atomic E-state index is 10.7. The smallest absolute Gasteiger partial charge is 0.235 e. The Morgan fingerprint density at radius 2 is 2.43 bits per heavy atom. The van der Waals surface area contributed by atoms with Crippen LogP contribution in [0.25, 0.3) is 0 Å². The van der Waals surface area contributed by atoms with Gasteiger partial charge in [-0.2, -0.15) is 0 Å². The van der Waals surface area contributed by atoms with E-state index in [0.29, 0.717) is 18.5 Å². The SMILES string of the molecule is CC(NCC(N)C(N)=O)C1CCOC1. The Hall–Kier alpha value is -0.650. The van der Waals surface area contributed by atoms with Crippen molar-refractivity contribution in [2.75, 3.05) is 19.8 Å². The minimum Gasteiger partial charge on any atom is -0.381 e. The third kappa shape index (κ3) is 3.25. The van der Waals surface area contributed by atoms with Crippen LogP contribution in [0.15, 0.2) is 0 Å². The van der Waals surface area contributed by atoms with E-state index < -0.39 is 11.9 Å². The summed E-state index contributed by atoms with van der Waals surface area (Å²) in [5.74, 6) is 0.0578. The van der Waals surface area contributed by atoms with E-state index in [2.05, 4.69) is 12.2 Å². The highest BCUT2D eigenvalue weighted by Crippen LogP contribution is 2.15. The Kier molecular flexibility index (Phi) is 4.31. The fourth-order valence-electron chi connectivity index (χ4n) is 1.53. The van der Waals surface area contributed by atoms with Crippen molar-refractivity contribution in [2.24, 2.45) is 17.4 Å². The highest BCUT2D eigenvalue weighted by Gasteiger charge is 2.22. The molecule has 1 rings (SSSR count). The summed E-state index contributed by atoms with van der Waals surface area (Å²) in [5, 5.41) is 3.20. The second-order valence-corrected chi connectivity index (χ2v) is 3.83. The zero-order chi connectivity index (χ0) is 10.6. The molecule has 0 saturated carbocycles. The molecule has 0 aliphatic carbocycles. The Bertz CT molecular complexity index is 192. The lowest BCUT2D eigenvalue weighted by molar-refractivity contribution is -0.119. The maximum Gasteiger partial charge on any atom is 0.235 e. The summed E-state index contributed by atoms with van der Waals surface area (Å²) in [4.78, 5) is 10.7. The summed E-state index contributed by atoms with van der Waals surface area (Å²) in [5.41, 5.74) is 10.5. The van der Waals surface area contributed by atoms with Gasteiger partial charge in [-0.05, 0) is 19.3 Å². The van der Waals surface area contributed by atoms with E-state index in [9.17, 15) is 4.79 Å². The van der Waals surface area contributed by atoms with Crippen molar-refractivity contribution >= 4 is 5.91 Å². The van der Waals surface area contributed by atoms with Crippen molar-refractivity contribution in [2.45, 2.75) is 25.4 Å². The van der Waals surface area contributed by atoms with Crippen LogP contribution < -0.4 is 16.8 Å². The number of amides is 1. The first-order valence-corrected chi connectivity index (χ1v) is 4.97. The van der Waals surface area contributed by atoms with Gasteiger partial charge in [0.25, 0.3) is 0 Å². The largest absolute Gasteiger partial charge is 0.381 e. The third-order valence-corrected chi connectivity index (χ3v) is 2.70. The highest BCUT2D eigenvalue weighted by atomic mass is 16.5. The predicted molar refractivity (Wildman–Crippen MR) is 53.6 cm³/mol. The molecule has 5 heteroatoms. The van der Waals surface area contributed by atoms with Crippen LogP contribution in [0.4, 0.5) is 0 Å². The summed E-state index contributed by atoms with van der Waals surface area (Å²) in [6.45, 7) is 4.14. The standard InChI is InChI=1S/C9H19N3O2/c1-6(7-2-3-14-5-7)12-4-8(10)9(11)13/h6-8,12H,2-5,10H2,1H3,(H2,11,13). The number of carbonyl (C=O) groups is 1. The molecule has 1 saturated heterocycles. The van der Waals surface area contributed by atoms with E-state index in [4.69, 9.17) is 16.2 Å². The molecule has 0 bridgehead atoms. The van der Waals surface area contributed by atoms with Crippen LogP contribution >= 0.6 is 0 Å². The quantitative estimate of drug-likeness (QED) is 0.522. The van der Waals surface area contributed by atoms with Gasteiger partial charge in [0.2, 0.25) is 5.91 Å². The average molecular weight is 201 g/mol. The Labute approximate surface area is 84.2 Å². The molecule has 3 unspecified atom stereocenters. The van der Waals surface area contributed by atoms with Crippen LogP contribution in [0, 0.1) is 5.92 Å². The number of nitrogens with two attached hydrogens (primary N) is 2. The number of hydrogen-bond donors (Lipinski definition) is 3. The summed E-state index contributed by atoms with van der Waals surface area (Å²) < 4.78 is 5.27. The second kappa shape index (κ2) is 5.29. The molecular weight excluding hydrogens is 182 g/mol. The summed E-state index contributed by atoms with van der Waals surface area (Å²) >= 11 is 0. The van der Waals surface area contributed by atoms with E-state index in [1.807, 2.05) is 0 Å². The van der Waals surface area contributed by atoms with Crippen molar-refractivity contribution < 1.29 is 9.53 Å². The lowest BCUT2D eigenvalue weighted by atomic mass is 10.0. The molecule has 0 radical (unpaired) electrons. The van der Waals surface area contributed by atoms with Gasteiger partial charge < -0.3 is 21.5 Å². The van der Waals surface area contributed by atoms with Gasteiger partial charge in [-0.25, -0.2) is 0 Å². The van der Waals surface area contributed by atoms with Gasteiger partial charge in [-0.15, -0.1) is 0 Å². The minimum absolute atomic E-state index is 0.322. The molecule has 0 spiro atoms. The number of nitrogens with one attached hydrogen (secondary N) is 1. The second-order valence-electron chi connectivity index (χ2n) is 3.83. The minimum atomic E-state index is -0.597. The summed E-state index contributed by atoms with van der Waals surface area (Å²) in [7, 11) is 0. The van der Waals surface area contributed by atoms with Gasteiger partial charge in [0.1, 0.15) is 0 Å². The lowest BCUT2D eigenvalue weighted by Gasteiger charge is -2.20. The first-order valence-electron chi connectivity index (χ1n) is 4.97. The van der Waals surface area contributed by atoms with Crippen molar-refractivity contribution in [1.82, 2.24) is 5.32 Å². The zero-order valence-corrected chi connectivity index (χ0v) is 8.53. The normalized spacial score (nSPS) is 26.0. The van der Waals surface area contributed by atoms with E-state index >= 15 is 0 Å². The van der Waals surface area contributed by atoms with E-state index in [1.165, 1.54) is 0 Å². The lowest BCUT2D eigenvalue weighted by Crippen LogP contribution is -2.47. The van der Waals surface area contributed by atoms with Crippen LogP contribution in [0.3, 0.4) is 0 Å². The van der Waals surface area contributed by atoms with Gasteiger partial charge in [0, 0.05) is 19.2 Å². The van der Waals surface area contributed by atoms with Crippen LogP contribution in [-0.2, 0) is 9.53 Å². The van der Waals surface area contributed by atoms with Crippen LogP contribution in [0.1, 0.15) is 13.3 Å². The Balaban J connectivity index is 2.19. The zero-order valence-electron chi connectivity index (χ0n) is 8.53. The molecule has 5 nitrogen and oxygen atoms in total. The molecule has 1 amide bonds. The van der Waals surface area contributed by atoms with Gasteiger partial charge in [0.15, 0.2) is 0 Å². The molecule has 5 N–H and O–H groups in total. The molecule has 0 aromatic heterocycles. The van der Waals surface area contributed by atoms with Crippen molar-refractivity contribution in [3.8, 4) is 0 Å². The van der Waals surface area contributed by atoms with Crippen molar-refractivity contribution in [1.29, 1.82) is 0 Å². The third-order valence-electron chi connectivity index (χ3n) is 2.70. The molecule has 0 aromatic rings. The van der Waals surface area contributed by atoms with Crippen LogP contribution in [0.2, 0.25) is 0 Å². The van der Waals surface area contributed by atoms with Crippen LogP contribution in [-0.4, -0.2) is 37.7 Å². The number of ether oxygens (including phenoxy) is 1. The van der Waals surface area contributed by atoms with Gasteiger partial charge in [-0.3, -0.25) is 4.79 Å². The topological polar surface area (TPSA) is 90.4 Å². The summed E-state index contributed by atoms with van der Waals surface area (Å²) in [6.07, 6.45) is 1.07. The van der Waals surface area contributed by atoms with Gasteiger partial charge in [0.05, 0.1) is 12.6 Å². The van der Waals surface area contributed by atoms with E-state index in [1.54, 1.807) is 0 Å². The highest BCUT2D eigenvalue weighted by molar-refractivity contribution is 5.79. The van der Waals surface area contributed by atoms with Crippen molar-refractivity contribution in [3.63, 3.8) is 0 Å². The van der Waals surface area contributed by atoms with E-state index in [0.717, 1.165) is 19.6 Å². The van der Waals surface area contributed by atoms with E-state index in [-0.39, 0.29) is 0 Å². The number of carbonyl (C=O) groups excluding carboxylic acids is 1. The van der Waals surface area contributed by atoms with Crippen LogP contribution in [0.5, 0.6) is 0 Å². The number of primary amides is 1. The fraction of sp³-hybridized carbons (Fsp3) is 0.889. The first-order chi connectivity index (χ1) is 6.61. The van der Waals surface area contributed by atoms with Gasteiger partial charge >= 0.3 is 0 Å². The van der Waals surface area contributed by atoms with Gasteiger partial charge in [-0.1, -0.05) is 0 Å². The fourth-order valence-corrected chi connectivity index (χ4v) is 1.53. The molecule has 1 fully saturated rings. The Morgan fingerprint density at radius 1 is 1.71 bits per heavy atom. The molecule has 82 valence electrons. The monoisotopic (exact) mass is 201 g/mol.